The molecule has 1 aromatic carbocycles. The second-order valence-electron chi connectivity index (χ2n) is 7.17. The van der Waals surface area contributed by atoms with Crippen molar-refractivity contribution in [2.24, 2.45) is 0 Å². The molecule has 28 heavy (non-hydrogen) atoms. The van der Waals surface area contributed by atoms with Gasteiger partial charge in [0.1, 0.15) is 5.75 Å². The third-order valence-corrected chi connectivity index (χ3v) is 5.43. The van der Waals surface area contributed by atoms with E-state index >= 15 is 0 Å². The molecule has 0 aromatic heterocycles. The minimum Gasteiger partial charge on any atom is -0.492 e. The molecule has 0 radical (unpaired) electrons. The molecule has 1 aliphatic rings. The highest BCUT2D eigenvalue weighted by Crippen LogP contribution is 2.28. The summed E-state index contributed by atoms with van der Waals surface area (Å²) in [4.78, 5) is 27.8. The van der Waals surface area contributed by atoms with Crippen LogP contribution in [-0.2, 0) is 4.74 Å². The zero-order valence-electron chi connectivity index (χ0n) is 16.7. The van der Waals surface area contributed by atoms with Gasteiger partial charge in [-0.05, 0) is 60.8 Å². The average Bonchev–Trinajstić information content (AvgIpc) is 2.66. The molecule has 0 saturated carbocycles. The molecule has 156 valence electrons. The molecule has 0 spiro atoms. The maximum Gasteiger partial charge on any atom is 0.407 e. The molecule has 1 saturated heterocycles. The molecule has 1 heterocycles. The zero-order valence-corrected chi connectivity index (χ0v) is 18.3. The molecule has 1 atom stereocenters. The number of hydrogen-bond donors (Lipinski definition) is 1. The SMILES string of the molecule is COCCCOc1cc(C(=O)N(C(C)C)[C@@H]2CCCN(C(=O)O)C2)ccc1Br. The van der Waals surface area contributed by atoms with E-state index in [1.165, 1.54) is 4.90 Å². The Balaban J connectivity index is 2.17. The summed E-state index contributed by atoms with van der Waals surface area (Å²) in [5.74, 6) is 0.503. The van der Waals surface area contributed by atoms with Gasteiger partial charge in [0.15, 0.2) is 0 Å². The molecular weight excluding hydrogens is 428 g/mol. The summed E-state index contributed by atoms with van der Waals surface area (Å²) < 4.78 is 11.6. The van der Waals surface area contributed by atoms with Crippen LogP contribution in [0.1, 0.15) is 43.5 Å². The molecule has 2 rings (SSSR count). The summed E-state index contributed by atoms with van der Waals surface area (Å²) in [6.45, 7) is 5.88. The second kappa shape index (κ2) is 10.7. The van der Waals surface area contributed by atoms with Crippen molar-refractivity contribution in [3.63, 3.8) is 0 Å². The fraction of sp³-hybridized carbons (Fsp3) is 0.600. The van der Waals surface area contributed by atoms with Crippen molar-refractivity contribution in [2.75, 3.05) is 33.4 Å². The smallest absolute Gasteiger partial charge is 0.407 e. The number of carboxylic acid groups (broad SMARTS) is 1. The number of methoxy groups -OCH3 is 1. The molecule has 0 unspecified atom stereocenters. The predicted octanol–water partition coefficient (Wildman–Crippen LogP) is 3.86. The van der Waals surface area contributed by atoms with Crippen molar-refractivity contribution in [2.45, 2.75) is 45.2 Å². The maximum atomic E-state index is 13.3. The molecule has 1 aliphatic heterocycles. The highest BCUT2D eigenvalue weighted by atomic mass is 79.9. The van der Waals surface area contributed by atoms with Gasteiger partial charge in [-0.25, -0.2) is 4.79 Å². The van der Waals surface area contributed by atoms with E-state index in [1.54, 1.807) is 24.1 Å². The number of nitrogens with zero attached hydrogens (tertiary/aromatic N) is 2. The summed E-state index contributed by atoms with van der Waals surface area (Å²) in [6, 6.07) is 5.14. The lowest BCUT2D eigenvalue weighted by molar-refractivity contribution is 0.0449. The van der Waals surface area contributed by atoms with Crippen molar-refractivity contribution in [1.29, 1.82) is 0 Å². The van der Waals surface area contributed by atoms with E-state index in [2.05, 4.69) is 15.9 Å². The molecule has 1 aromatic rings. The number of ether oxygens (including phenoxy) is 2. The van der Waals surface area contributed by atoms with Crippen LogP contribution in [0.4, 0.5) is 4.79 Å². The molecule has 7 nitrogen and oxygen atoms in total. The van der Waals surface area contributed by atoms with Gasteiger partial charge in [0.25, 0.3) is 5.91 Å². The Morgan fingerprint density at radius 2 is 2.11 bits per heavy atom. The molecule has 0 bridgehead atoms. The molecule has 8 heteroatoms. The number of piperidine rings is 1. The van der Waals surface area contributed by atoms with E-state index in [0.717, 1.165) is 23.7 Å². The Kier molecular flexibility index (Phi) is 8.57. The number of likely N-dealkylation sites (tertiary alicyclic amines) is 1. The van der Waals surface area contributed by atoms with Crippen LogP contribution >= 0.6 is 15.9 Å². The van der Waals surface area contributed by atoms with E-state index in [-0.39, 0.29) is 18.0 Å². The average molecular weight is 457 g/mol. The highest BCUT2D eigenvalue weighted by molar-refractivity contribution is 9.10. The predicted molar refractivity (Wildman–Crippen MR) is 110 cm³/mol. The fourth-order valence-corrected chi connectivity index (χ4v) is 3.82. The van der Waals surface area contributed by atoms with Crippen LogP contribution in [0, 0.1) is 0 Å². The van der Waals surface area contributed by atoms with Gasteiger partial charge in [-0.3, -0.25) is 4.79 Å². The summed E-state index contributed by atoms with van der Waals surface area (Å²) >= 11 is 3.46. The zero-order chi connectivity index (χ0) is 20.7. The first-order chi connectivity index (χ1) is 13.3. The van der Waals surface area contributed by atoms with Crippen molar-refractivity contribution in [3.8, 4) is 5.75 Å². The van der Waals surface area contributed by atoms with Gasteiger partial charge in [-0.15, -0.1) is 0 Å². The fourth-order valence-electron chi connectivity index (χ4n) is 3.46. The van der Waals surface area contributed by atoms with Crippen LogP contribution in [0.3, 0.4) is 0 Å². The lowest BCUT2D eigenvalue weighted by atomic mass is 10.0. The summed E-state index contributed by atoms with van der Waals surface area (Å²) in [6.07, 6.45) is 1.37. The Labute approximate surface area is 174 Å². The Hall–Kier alpha value is -1.80. The molecular formula is C20H29BrN2O5. The van der Waals surface area contributed by atoms with Gasteiger partial charge in [-0.1, -0.05) is 0 Å². The number of rotatable bonds is 8. The first-order valence-electron chi connectivity index (χ1n) is 9.57. The molecule has 1 fully saturated rings. The van der Waals surface area contributed by atoms with Crippen molar-refractivity contribution in [3.05, 3.63) is 28.2 Å². The van der Waals surface area contributed by atoms with Gasteiger partial charge >= 0.3 is 6.09 Å². The molecule has 2 amide bonds. The lowest BCUT2D eigenvalue weighted by Crippen LogP contribution is -2.53. The largest absolute Gasteiger partial charge is 0.492 e. The van der Waals surface area contributed by atoms with Gasteiger partial charge in [-0.2, -0.15) is 0 Å². The van der Waals surface area contributed by atoms with Crippen LogP contribution in [0.15, 0.2) is 22.7 Å². The van der Waals surface area contributed by atoms with Crippen molar-refractivity contribution >= 4 is 27.9 Å². The summed E-state index contributed by atoms with van der Waals surface area (Å²) in [5, 5.41) is 9.31. The standard InChI is InChI=1S/C20H29BrN2O5/c1-14(2)23(16-6-4-9-22(13-16)20(25)26)19(24)15-7-8-17(21)18(12-15)28-11-5-10-27-3/h7-8,12,14,16H,4-6,9-11,13H2,1-3H3,(H,25,26)/t16-/m1/s1. The van der Waals surface area contributed by atoms with Crippen molar-refractivity contribution in [1.82, 2.24) is 9.80 Å². The van der Waals surface area contributed by atoms with Crippen LogP contribution in [-0.4, -0.2) is 72.4 Å². The number of halogens is 1. The first kappa shape index (κ1) is 22.5. The Bertz CT molecular complexity index is 683. The number of hydrogen-bond acceptors (Lipinski definition) is 4. The van der Waals surface area contributed by atoms with E-state index in [1.807, 2.05) is 19.9 Å². The second-order valence-corrected chi connectivity index (χ2v) is 8.03. The molecule has 1 N–H and O–H groups in total. The topological polar surface area (TPSA) is 79.3 Å². The highest BCUT2D eigenvalue weighted by Gasteiger charge is 2.32. The summed E-state index contributed by atoms with van der Waals surface area (Å²) in [5.41, 5.74) is 0.533. The molecule has 0 aliphatic carbocycles. The van der Waals surface area contributed by atoms with E-state index in [0.29, 0.717) is 37.6 Å². The minimum absolute atomic E-state index is 0.0408. The normalized spacial score (nSPS) is 16.9. The van der Waals surface area contributed by atoms with Gasteiger partial charge in [0, 0.05) is 44.8 Å². The number of benzene rings is 1. The van der Waals surface area contributed by atoms with Crippen LogP contribution in [0.25, 0.3) is 0 Å². The number of amides is 2. The third kappa shape index (κ3) is 5.85. The monoisotopic (exact) mass is 456 g/mol. The number of carbonyl (C=O) groups is 2. The van der Waals surface area contributed by atoms with Gasteiger partial charge < -0.3 is 24.4 Å². The van der Waals surface area contributed by atoms with Crippen molar-refractivity contribution < 1.29 is 24.2 Å². The van der Waals surface area contributed by atoms with E-state index in [4.69, 9.17) is 9.47 Å². The van der Waals surface area contributed by atoms with Crippen LogP contribution in [0.2, 0.25) is 0 Å². The van der Waals surface area contributed by atoms with E-state index in [9.17, 15) is 14.7 Å². The van der Waals surface area contributed by atoms with E-state index < -0.39 is 6.09 Å². The lowest BCUT2D eigenvalue weighted by Gasteiger charge is -2.40. The maximum absolute atomic E-state index is 13.3. The Morgan fingerprint density at radius 3 is 2.75 bits per heavy atom. The van der Waals surface area contributed by atoms with Crippen LogP contribution < -0.4 is 4.74 Å². The summed E-state index contributed by atoms with van der Waals surface area (Å²) in [7, 11) is 1.65. The van der Waals surface area contributed by atoms with Crippen LogP contribution in [0.5, 0.6) is 5.75 Å². The quantitative estimate of drug-likeness (QED) is 0.600. The van der Waals surface area contributed by atoms with Gasteiger partial charge in [0.05, 0.1) is 17.1 Å². The van der Waals surface area contributed by atoms with Gasteiger partial charge in [0.2, 0.25) is 0 Å². The third-order valence-electron chi connectivity index (χ3n) is 4.78. The first-order valence-corrected chi connectivity index (χ1v) is 10.4. The Morgan fingerprint density at radius 1 is 1.36 bits per heavy atom. The number of carbonyl (C=O) groups excluding carboxylic acids is 1. The minimum atomic E-state index is -0.934.